The van der Waals surface area contributed by atoms with Crippen LogP contribution in [0.3, 0.4) is 0 Å². The van der Waals surface area contributed by atoms with E-state index in [2.05, 4.69) is 5.32 Å². The number of nitrogens with zero attached hydrogens (tertiary/aromatic N) is 1. The Balaban J connectivity index is 2.41. The molecule has 0 saturated carbocycles. The fourth-order valence-corrected chi connectivity index (χ4v) is 2.20. The van der Waals surface area contributed by atoms with E-state index in [4.69, 9.17) is 10.2 Å². The second kappa shape index (κ2) is 7.45. The Morgan fingerprint density at radius 3 is 2.16 bits per heavy atom. The van der Waals surface area contributed by atoms with Crippen molar-refractivity contribution >= 4 is 11.8 Å². The average Bonchev–Trinajstić information content (AvgIpc) is 2.43. The first-order valence-corrected chi connectivity index (χ1v) is 6.80. The maximum Gasteiger partial charge on any atom is 0.225 e. The van der Waals surface area contributed by atoms with Crippen molar-refractivity contribution in [3.8, 4) is 0 Å². The van der Waals surface area contributed by atoms with E-state index in [1.54, 1.807) is 4.90 Å². The summed E-state index contributed by atoms with van der Waals surface area (Å²) in [6, 6.07) is -0.595. The van der Waals surface area contributed by atoms with Crippen molar-refractivity contribution in [1.29, 1.82) is 0 Å². The minimum absolute atomic E-state index is 0.0152. The van der Waals surface area contributed by atoms with Crippen LogP contribution in [-0.2, 0) is 9.59 Å². The molecule has 1 heterocycles. The van der Waals surface area contributed by atoms with Crippen molar-refractivity contribution in [1.82, 2.24) is 10.2 Å². The number of amides is 2. The second-order valence-corrected chi connectivity index (χ2v) is 5.32. The lowest BCUT2D eigenvalue weighted by molar-refractivity contribution is -0.138. The minimum atomic E-state index is -0.595. The second-order valence-electron chi connectivity index (χ2n) is 5.32. The van der Waals surface area contributed by atoms with Gasteiger partial charge in [0, 0.05) is 24.9 Å². The highest BCUT2D eigenvalue weighted by Gasteiger charge is 2.28. The van der Waals surface area contributed by atoms with Gasteiger partial charge < -0.3 is 20.4 Å². The van der Waals surface area contributed by atoms with Crippen molar-refractivity contribution in [3.05, 3.63) is 0 Å². The molecule has 0 atom stereocenters. The number of nitrogens with one attached hydrogen (secondary N) is 1. The number of carbonyl (C=O) groups is 2. The molecule has 0 aliphatic carbocycles. The molecule has 110 valence electrons. The lowest BCUT2D eigenvalue weighted by Crippen LogP contribution is -2.47. The normalized spacial score (nSPS) is 17.1. The third-order valence-corrected chi connectivity index (χ3v) is 3.46. The molecule has 1 aliphatic rings. The molecule has 0 spiro atoms. The van der Waals surface area contributed by atoms with E-state index in [9.17, 15) is 9.59 Å². The predicted molar refractivity (Wildman–Crippen MR) is 70.2 cm³/mol. The van der Waals surface area contributed by atoms with Gasteiger partial charge in [0.1, 0.15) is 0 Å². The quantitative estimate of drug-likeness (QED) is 0.620. The Morgan fingerprint density at radius 2 is 1.74 bits per heavy atom. The van der Waals surface area contributed by atoms with Gasteiger partial charge in [0.2, 0.25) is 11.8 Å². The van der Waals surface area contributed by atoms with Gasteiger partial charge in [-0.05, 0) is 12.8 Å². The Hall–Kier alpha value is -1.14. The molecule has 3 N–H and O–H groups in total. The lowest BCUT2D eigenvalue weighted by Gasteiger charge is -2.33. The molecule has 1 rings (SSSR count). The summed E-state index contributed by atoms with van der Waals surface area (Å²) in [5.74, 6) is -0.178. The number of piperidine rings is 1. The van der Waals surface area contributed by atoms with Gasteiger partial charge in [0.05, 0.1) is 19.3 Å². The van der Waals surface area contributed by atoms with Gasteiger partial charge in [0.15, 0.2) is 0 Å². The van der Waals surface area contributed by atoms with Crippen LogP contribution in [-0.4, -0.2) is 59.3 Å². The van der Waals surface area contributed by atoms with Crippen molar-refractivity contribution in [3.63, 3.8) is 0 Å². The van der Waals surface area contributed by atoms with E-state index in [1.807, 2.05) is 13.8 Å². The molecule has 0 bridgehead atoms. The van der Waals surface area contributed by atoms with E-state index >= 15 is 0 Å². The molecule has 19 heavy (non-hydrogen) atoms. The fourth-order valence-electron chi connectivity index (χ4n) is 2.20. The molecule has 1 aliphatic heterocycles. The van der Waals surface area contributed by atoms with E-state index in [0.717, 1.165) is 0 Å². The highest BCUT2D eigenvalue weighted by Crippen LogP contribution is 2.19. The predicted octanol–water partition coefficient (Wildman–Crippen LogP) is -0.650. The Morgan fingerprint density at radius 1 is 1.21 bits per heavy atom. The standard InChI is InChI=1S/C13H24N2O4/c1-9(2)13(19)15-5-3-10(4-6-15)12(18)14-11(7-16)8-17/h9-11,16-17H,3-8H2,1-2H3,(H,14,18). The van der Waals surface area contributed by atoms with Gasteiger partial charge in [-0.1, -0.05) is 13.8 Å². The van der Waals surface area contributed by atoms with E-state index in [0.29, 0.717) is 25.9 Å². The smallest absolute Gasteiger partial charge is 0.225 e. The summed E-state index contributed by atoms with van der Waals surface area (Å²) in [5, 5.41) is 20.5. The van der Waals surface area contributed by atoms with Crippen molar-refractivity contribution in [2.75, 3.05) is 26.3 Å². The van der Waals surface area contributed by atoms with Crippen LogP contribution in [0.25, 0.3) is 0 Å². The van der Waals surface area contributed by atoms with E-state index < -0.39 is 6.04 Å². The Bertz CT molecular complexity index is 308. The first kappa shape index (κ1) is 15.9. The van der Waals surface area contributed by atoms with Gasteiger partial charge in [-0.3, -0.25) is 9.59 Å². The minimum Gasteiger partial charge on any atom is -0.394 e. The van der Waals surface area contributed by atoms with Crippen molar-refractivity contribution in [2.45, 2.75) is 32.7 Å². The number of hydrogen-bond acceptors (Lipinski definition) is 4. The topological polar surface area (TPSA) is 89.9 Å². The highest BCUT2D eigenvalue weighted by molar-refractivity contribution is 5.81. The summed E-state index contributed by atoms with van der Waals surface area (Å²) in [5.41, 5.74) is 0. The van der Waals surface area contributed by atoms with Crippen LogP contribution in [0.2, 0.25) is 0 Å². The summed E-state index contributed by atoms with van der Waals surface area (Å²) in [6.45, 7) is 4.39. The summed E-state index contributed by atoms with van der Waals surface area (Å²) in [4.78, 5) is 25.5. The summed E-state index contributed by atoms with van der Waals surface area (Å²) in [6.07, 6.45) is 1.27. The molecule has 0 unspecified atom stereocenters. The monoisotopic (exact) mass is 272 g/mol. The first-order valence-electron chi connectivity index (χ1n) is 6.80. The van der Waals surface area contributed by atoms with Crippen LogP contribution in [0.4, 0.5) is 0 Å². The third kappa shape index (κ3) is 4.47. The highest BCUT2D eigenvalue weighted by atomic mass is 16.3. The van der Waals surface area contributed by atoms with Crippen molar-refractivity contribution in [2.24, 2.45) is 11.8 Å². The van der Waals surface area contributed by atoms with Crippen LogP contribution in [0, 0.1) is 11.8 Å². The molecule has 1 fully saturated rings. The maximum absolute atomic E-state index is 11.9. The zero-order valence-corrected chi connectivity index (χ0v) is 11.6. The number of rotatable bonds is 5. The van der Waals surface area contributed by atoms with Crippen LogP contribution in [0.5, 0.6) is 0 Å². The van der Waals surface area contributed by atoms with Gasteiger partial charge in [-0.2, -0.15) is 0 Å². The summed E-state index contributed by atoms with van der Waals surface area (Å²) >= 11 is 0. The van der Waals surface area contributed by atoms with Crippen LogP contribution in [0.15, 0.2) is 0 Å². The Labute approximate surface area is 113 Å². The maximum atomic E-state index is 11.9. The van der Waals surface area contributed by atoms with Gasteiger partial charge in [0.25, 0.3) is 0 Å². The van der Waals surface area contributed by atoms with E-state index in [1.165, 1.54) is 0 Å². The largest absolute Gasteiger partial charge is 0.394 e. The number of likely N-dealkylation sites (tertiary alicyclic amines) is 1. The molecular weight excluding hydrogens is 248 g/mol. The van der Waals surface area contributed by atoms with Crippen molar-refractivity contribution < 1.29 is 19.8 Å². The molecular formula is C13H24N2O4. The molecule has 6 nitrogen and oxygen atoms in total. The van der Waals surface area contributed by atoms with Crippen LogP contribution < -0.4 is 5.32 Å². The van der Waals surface area contributed by atoms with Crippen LogP contribution >= 0.6 is 0 Å². The number of aliphatic hydroxyl groups excluding tert-OH is 2. The molecule has 0 aromatic heterocycles. The molecule has 6 heteroatoms. The van der Waals surface area contributed by atoms with Gasteiger partial charge >= 0.3 is 0 Å². The molecule has 2 amide bonds. The van der Waals surface area contributed by atoms with E-state index in [-0.39, 0.29) is 36.9 Å². The zero-order valence-electron chi connectivity index (χ0n) is 11.6. The molecule has 0 radical (unpaired) electrons. The summed E-state index contributed by atoms with van der Waals surface area (Å²) < 4.78 is 0. The summed E-state index contributed by atoms with van der Waals surface area (Å²) in [7, 11) is 0. The Kier molecular flexibility index (Phi) is 6.24. The average molecular weight is 272 g/mol. The number of carbonyl (C=O) groups excluding carboxylic acids is 2. The lowest BCUT2D eigenvalue weighted by atomic mass is 9.95. The third-order valence-electron chi connectivity index (χ3n) is 3.46. The van der Waals surface area contributed by atoms with Gasteiger partial charge in [-0.25, -0.2) is 0 Å². The molecule has 0 aromatic carbocycles. The first-order chi connectivity index (χ1) is 8.99. The number of hydrogen-bond donors (Lipinski definition) is 3. The number of aliphatic hydroxyl groups is 2. The van der Waals surface area contributed by atoms with Crippen LogP contribution in [0.1, 0.15) is 26.7 Å². The zero-order chi connectivity index (χ0) is 14.4. The van der Waals surface area contributed by atoms with Gasteiger partial charge in [-0.15, -0.1) is 0 Å². The fraction of sp³-hybridized carbons (Fsp3) is 0.846. The SMILES string of the molecule is CC(C)C(=O)N1CCC(C(=O)NC(CO)CO)CC1. The molecule has 0 aromatic rings. The molecule has 1 saturated heterocycles.